The Kier molecular flexibility index (Phi) is 4.82. The van der Waals surface area contributed by atoms with Crippen LogP contribution in [0.1, 0.15) is 10.4 Å². The lowest BCUT2D eigenvalue weighted by atomic mass is 10.2. The second-order valence-corrected chi connectivity index (χ2v) is 3.38. The van der Waals surface area contributed by atoms with Crippen LogP contribution in [0.25, 0.3) is 0 Å². The van der Waals surface area contributed by atoms with E-state index in [0.717, 1.165) is 0 Å². The maximum absolute atomic E-state index is 11.5. The molecule has 0 aliphatic rings. The van der Waals surface area contributed by atoms with Crippen LogP contribution in [0, 0.1) is 0 Å². The molecule has 0 atom stereocenters. The molecule has 18 heavy (non-hydrogen) atoms. The Morgan fingerprint density at radius 3 is 2.28 bits per heavy atom. The molecule has 7 heteroatoms. The number of anilines is 1. The monoisotopic (exact) mass is 251 g/mol. The molecule has 0 unspecified atom stereocenters. The molecule has 1 rings (SSSR count). The van der Waals surface area contributed by atoms with Gasteiger partial charge in [0.15, 0.2) is 0 Å². The number of aliphatic hydroxyl groups excluding tert-OH is 1. The van der Waals surface area contributed by atoms with Gasteiger partial charge in [0.2, 0.25) is 0 Å². The van der Waals surface area contributed by atoms with Gasteiger partial charge in [-0.3, -0.25) is 19.7 Å². The molecule has 96 valence electrons. The van der Waals surface area contributed by atoms with Gasteiger partial charge in [-0.2, -0.15) is 0 Å². The summed E-state index contributed by atoms with van der Waals surface area (Å²) in [6, 6.07) is 5.88. The second kappa shape index (κ2) is 6.36. The van der Waals surface area contributed by atoms with Crippen molar-refractivity contribution in [3.8, 4) is 0 Å². The van der Waals surface area contributed by atoms with E-state index in [4.69, 9.17) is 10.8 Å². The van der Waals surface area contributed by atoms with Crippen molar-refractivity contribution >= 4 is 23.4 Å². The van der Waals surface area contributed by atoms with Crippen molar-refractivity contribution in [1.82, 2.24) is 10.6 Å². The maximum Gasteiger partial charge on any atom is 0.316 e. The van der Waals surface area contributed by atoms with Crippen LogP contribution in [-0.2, 0) is 9.59 Å². The zero-order chi connectivity index (χ0) is 13.5. The fraction of sp³-hybridized carbons (Fsp3) is 0.182. The Hall–Kier alpha value is -2.41. The van der Waals surface area contributed by atoms with E-state index in [1.165, 1.54) is 24.3 Å². The normalized spacial score (nSPS) is 9.61. The Morgan fingerprint density at radius 1 is 1.11 bits per heavy atom. The standard InChI is InChI=1S/C11H13N3O4/c12-8-3-1-7(2-4-8)9(16)14-11(18)10(17)13-5-6-15/h1-4,15H,5-6,12H2,(H,13,17)(H,14,16,18). The SMILES string of the molecule is Nc1ccc(C(=O)NC(=O)C(=O)NCCO)cc1. The largest absolute Gasteiger partial charge is 0.399 e. The Labute approximate surface area is 103 Å². The van der Waals surface area contributed by atoms with Gasteiger partial charge in [0.1, 0.15) is 0 Å². The van der Waals surface area contributed by atoms with Gasteiger partial charge in [-0.15, -0.1) is 0 Å². The number of nitrogens with two attached hydrogens (primary N) is 1. The van der Waals surface area contributed by atoms with Gasteiger partial charge in [0, 0.05) is 17.8 Å². The summed E-state index contributed by atoms with van der Waals surface area (Å²) in [4.78, 5) is 33.9. The molecule has 0 radical (unpaired) electrons. The third-order valence-corrected chi connectivity index (χ3v) is 2.00. The third kappa shape index (κ3) is 3.87. The van der Waals surface area contributed by atoms with Crippen molar-refractivity contribution in [3.05, 3.63) is 29.8 Å². The molecule has 0 fully saturated rings. The van der Waals surface area contributed by atoms with Gasteiger partial charge < -0.3 is 16.2 Å². The lowest BCUT2D eigenvalue weighted by Gasteiger charge is -2.04. The van der Waals surface area contributed by atoms with Crippen LogP contribution in [0.5, 0.6) is 0 Å². The Bertz CT molecular complexity index is 456. The predicted octanol–water partition coefficient (Wildman–Crippen LogP) is -1.37. The highest BCUT2D eigenvalue weighted by molar-refractivity contribution is 6.38. The van der Waals surface area contributed by atoms with Gasteiger partial charge in [-0.05, 0) is 24.3 Å². The van der Waals surface area contributed by atoms with E-state index in [9.17, 15) is 14.4 Å². The van der Waals surface area contributed by atoms with Crippen molar-refractivity contribution < 1.29 is 19.5 Å². The van der Waals surface area contributed by atoms with E-state index in [1.807, 2.05) is 5.32 Å². The van der Waals surface area contributed by atoms with E-state index in [0.29, 0.717) is 5.69 Å². The average molecular weight is 251 g/mol. The molecule has 0 aliphatic carbocycles. The van der Waals surface area contributed by atoms with E-state index in [-0.39, 0.29) is 18.7 Å². The summed E-state index contributed by atoms with van der Waals surface area (Å²) in [6.07, 6.45) is 0. The number of carbonyl (C=O) groups is 3. The maximum atomic E-state index is 11.5. The van der Waals surface area contributed by atoms with Gasteiger partial charge >= 0.3 is 11.8 Å². The molecule has 0 saturated heterocycles. The van der Waals surface area contributed by atoms with Crippen LogP contribution in [0.2, 0.25) is 0 Å². The first-order valence-corrected chi connectivity index (χ1v) is 5.14. The first kappa shape index (κ1) is 13.7. The minimum atomic E-state index is -1.08. The molecule has 1 aromatic rings. The number of imide groups is 1. The highest BCUT2D eigenvalue weighted by Gasteiger charge is 2.16. The smallest absolute Gasteiger partial charge is 0.316 e. The topological polar surface area (TPSA) is 122 Å². The fourth-order valence-electron chi connectivity index (χ4n) is 1.12. The first-order valence-electron chi connectivity index (χ1n) is 5.14. The Morgan fingerprint density at radius 2 is 1.72 bits per heavy atom. The van der Waals surface area contributed by atoms with Crippen LogP contribution in [-0.4, -0.2) is 36.0 Å². The molecular formula is C11H13N3O4. The van der Waals surface area contributed by atoms with Gasteiger partial charge in [0.05, 0.1) is 6.61 Å². The summed E-state index contributed by atoms with van der Waals surface area (Å²) in [7, 11) is 0. The number of hydrogen-bond donors (Lipinski definition) is 4. The molecule has 0 aliphatic heterocycles. The van der Waals surface area contributed by atoms with Crippen molar-refractivity contribution in [1.29, 1.82) is 0 Å². The molecule has 7 nitrogen and oxygen atoms in total. The number of hydrogen-bond acceptors (Lipinski definition) is 5. The van der Waals surface area contributed by atoms with Crippen molar-refractivity contribution in [3.63, 3.8) is 0 Å². The summed E-state index contributed by atoms with van der Waals surface area (Å²) in [5, 5.41) is 12.5. The van der Waals surface area contributed by atoms with Crippen molar-refractivity contribution in [2.75, 3.05) is 18.9 Å². The highest BCUT2D eigenvalue weighted by Crippen LogP contribution is 2.04. The van der Waals surface area contributed by atoms with E-state index >= 15 is 0 Å². The summed E-state index contributed by atoms with van der Waals surface area (Å²) in [5.41, 5.74) is 6.14. The molecule has 0 bridgehead atoms. The number of benzene rings is 1. The van der Waals surface area contributed by atoms with E-state index in [1.54, 1.807) is 0 Å². The second-order valence-electron chi connectivity index (χ2n) is 3.38. The molecule has 0 saturated carbocycles. The molecule has 3 amide bonds. The van der Waals surface area contributed by atoms with Crippen molar-refractivity contribution in [2.45, 2.75) is 0 Å². The van der Waals surface area contributed by atoms with Gasteiger partial charge in [-0.25, -0.2) is 0 Å². The summed E-state index contributed by atoms with van der Waals surface area (Å²) in [5.74, 6) is -2.75. The van der Waals surface area contributed by atoms with E-state index in [2.05, 4.69) is 5.32 Å². The lowest BCUT2D eigenvalue weighted by Crippen LogP contribution is -2.43. The van der Waals surface area contributed by atoms with E-state index < -0.39 is 17.7 Å². The molecule has 0 heterocycles. The van der Waals surface area contributed by atoms with Crippen LogP contribution in [0.3, 0.4) is 0 Å². The summed E-state index contributed by atoms with van der Waals surface area (Å²) in [6.45, 7) is -0.340. The minimum absolute atomic E-state index is 0.0533. The third-order valence-electron chi connectivity index (χ3n) is 2.00. The molecular weight excluding hydrogens is 238 g/mol. The number of rotatable bonds is 3. The number of nitrogens with one attached hydrogen (secondary N) is 2. The number of nitrogen functional groups attached to an aromatic ring is 1. The summed E-state index contributed by atoms with van der Waals surface area (Å²) < 4.78 is 0. The molecule has 5 N–H and O–H groups in total. The minimum Gasteiger partial charge on any atom is -0.399 e. The van der Waals surface area contributed by atoms with Crippen LogP contribution in [0.15, 0.2) is 24.3 Å². The molecule has 0 aromatic heterocycles. The lowest BCUT2D eigenvalue weighted by molar-refractivity contribution is -0.138. The van der Waals surface area contributed by atoms with Gasteiger partial charge in [-0.1, -0.05) is 0 Å². The molecule has 1 aromatic carbocycles. The number of carbonyl (C=O) groups excluding carboxylic acids is 3. The summed E-state index contributed by atoms with van der Waals surface area (Å²) >= 11 is 0. The predicted molar refractivity (Wildman–Crippen MR) is 63.4 cm³/mol. The first-order chi connectivity index (χ1) is 8.54. The zero-order valence-electron chi connectivity index (χ0n) is 9.47. The van der Waals surface area contributed by atoms with Crippen LogP contribution < -0.4 is 16.4 Å². The fourth-order valence-corrected chi connectivity index (χ4v) is 1.12. The van der Waals surface area contributed by atoms with Crippen LogP contribution in [0.4, 0.5) is 5.69 Å². The zero-order valence-corrected chi connectivity index (χ0v) is 9.47. The highest BCUT2D eigenvalue weighted by atomic mass is 16.3. The number of amides is 3. The quantitative estimate of drug-likeness (QED) is 0.390. The van der Waals surface area contributed by atoms with Crippen LogP contribution >= 0.6 is 0 Å². The van der Waals surface area contributed by atoms with Gasteiger partial charge in [0.25, 0.3) is 5.91 Å². The number of aliphatic hydroxyl groups is 1. The van der Waals surface area contributed by atoms with Crippen molar-refractivity contribution in [2.24, 2.45) is 0 Å². The molecule has 0 spiro atoms. The Balaban J connectivity index is 2.57. The average Bonchev–Trinajstić information content (AvgIpc) is 2.36.